The summed E-state index contributed by atoms with van der Waals surface area (Å²) < 4.78 is 0. The van der Waals surface area contributed by atoms with Gasteiger partial charge in [-0.1, -0.05) is 43.3 Å². The van der Waals surface area contributed by atoms with Crippen molar-refractivity contribution in [1.82, 2.24) is 0 Å². The Kier molecular flexibility index (Phi) is 4.35. The summed E-state index contributed by atoms with van der Waals surface area (Å²) >= 11 is 1.71. The third-order valence-corrected chi connectivity index (χ3v) is 3.91. The number of aliphatic hydroxyl groups excluding tert-OH is 1. The van der Waals surface area contributed by atoms with Crippen LogP contribution < -0.4 is 0 Å². The molecule has 17 heavy (non-hydrogen) atoms. The summed E-state index contributed by atoms with van der Waals surface area (Å²) in [5.41, 5.74) is 1.30. The molecule has 2 heteroatoms. The maximum absolute atomic E-state index is 10.1. The van der Waals surface area contributed by atoms with Crippen LogP contribution in [0, 0.1) is 0 Å². The van der Waals surface area contributed by atoms with Gasteiger partial charge in [-0.25, -0.2) is 0 Å². The smallest absolute Gasteiger partial charge is 0.0594 e. The van der Waals surface area contributed by atoms with Gasteiger partial charge >= 0.3 is 0 Å². The first-order chi connectivity index (χ1) is 8.25. The zero-order chi connectivity index (χ0) is 12.1. The molecule has 90 valence electrons. The van der Waals surface area contributed by atoms with E-state index in [4.69, 9.17) is 0 Å². The van der Waals surface area contributed by atoms with Crippen molar-refractivity contribution in [2.45, 2.75) is 31.8 Å². The third-order valence-electron chi connectivity index (χ3n) is 3.01. The third kappa shape index (κ3) is 3.69. The van der Waals surface area contributed by atoms with Crippen LogP contribution in [0.25, 0.3) is 0 Å². The van der Waals surface area contributed by atoms with Crippen molar-refractivity contribution in [3.8, 4) is 0 Å². The van der Waals surface area contributed by atoms with Crippen molar-refractivity contribution in [3.05, 3.63) is 58.3 Å². The number of benzene rings is 1. The molecule has 2 aromatic rings. The van der Waals surface area contributed by atoms with Crippen LogP contribution in [0.3, 0.4) is 0 Å². The van der Waals surface area contributed by atoms with E-state index < -0.39 is 0 Å². The first-order valence-electron chi connectivity index (χ1n) is 6.01. The molecule has 0 aliphatic rings. The molecule has 1 N–H and O–H groups in total. The second kappa shape index (κ2) is 5.99. The first-order valence-corrected chi connectivity index (χ1v) is 6.89. The van der Waals surface area contributed by atoms with Crippen molar-refractivity contribution in [2.75, 3.05) is 0 Å². The molecule has 2 unspecified atom stereocenters. The molecule has 0 amide bonds. The molecule has 0 bridgehead atoms. The van der Waals surface area contributed by atoms with E-state index in [1.807, 2.05) is 12.1 Å². The van der Waals surface area contributed by atoms with E-state index in [2.05, 4.69) is 42.6 Å². The number of hydrogen-bond donors (Lipinski definition) is 1. The maximum Gasteiger partial charge on any atom is 0.0594 e. The molecule has 0 radical (unpaired) electrons. The topological polar surface area (TPSA) is 20.2 Å². The van der Waals surface area contributed by atoms with Crippen molar-refractivity contribution < 1.29 is 5.11 Å². The Labute approximate surface area is 107 Å². The predicted octanol–water partition coefficient (Wildman–Crippen LogP) is 3.85. The number of thiophene rings is 1. The SMILES string of the molecule is CC(CC(O)Cc1cccs1)c1ccccc1. The van der Waals surface area contributed by atoms with Crippen LogP contribution in [0.5, 0.6) is 0 Å². The second-order valence-electron chi connectivity index (χ2n) is 4.48. The number of hydrogen-bond acceptors (Lipinski definition) is 2. The van der Waals surface area contributed by atoms with Gasteiger partial charge in [0.05, 0.1) is 6.10 Å². The predicted molar refractivity (Wildman–Crippen MR) is 73.5 cm³/mol. The molecule has 1 aromatic heterocycles. The highest BCUT2D eigenvalue weighted by Crippen LogP contribution is 2.22. The lowest BCUT2D eigenvalue weighted by Crippen LogP contribution is -2.13. The number of aliphatic hydroxyl groups is 1. The van der Waals surface area contributed by atoms with E-state index in [-0.39, 0.29) is 6.10 Å². The van der Waals surface area contributed by atoms with Gasteiger partial charge in [0.1, 0.15) is 0 Å². The van der Waals surface area contributed by atoms with Gasteiger partial charge < -0.3 is 5.11 Å². The monoisotopic (exact) mass is 246 g/mol. The molecule has 2 rings (SSSR count). The molecule has 2 atom stereocenters. The van der Waals surface area contributed by atoms with Crippen LogP contribution >= 0.6 is 11.3 Å². The van der Waals surface area contributed by atoms with Gasteiger partial charge in [-0.2, -0.15) is 0 Å². The summed E-state index contributed by atoms with van der Waals surface area (Å²) in [4.78, 5) is 1.26. The molecule has 1 nitrogen and oxygen atoms in total. The van der Waals surface area contributed by atoms with Crippen LogP contribution in [-0.4, -0.2) is 11.2 Å². The lowest BCUT2D eigenvalue weighted by atomic mass is 9.94. The lowest BCUT2D eigenvalue weighted by Gasteiger charge is -2.16. The molecule has 1 aromatic carbocycles. The molecule has 0 spiro atoms. The quantitative estimate of drug-likeness (QED) is 0.849. The molecule has 0 fully saturated rings. The molecule has 0 aliphatic heterocycles. The minimum absolute atomic E-state index is 0.246. The van der Waals surface area contributed by atoms with E-state index in [1.165, 1.54) is 10.4 Å². The largest absolute Gasteiger partial charge is 0.393 e. The summed E-state index contributed by atoms with van der Waals surface area (Å²) in [6.45, 7) is 2.17. The Morgan fingerprint density at radius 2 is 1.88 bits per heavy atom. The van der Waals surface area contributed by atoms with Crippen LogP contribution in [-0.2, 0) is 6.42 Å². The second-order valence-corrected chi connectivity index (χ2v) is 5.52. The minimum atomic E-state index is -0.246. The highest BCUT2D eigenvalue weighted by Gasteiger charge is 2.12. The maximum atomic E-state index is 10.1. The Balaban J connectivity index is 1.88. The summed E-state index contributed by atoms with van der Waals surface area (Å²) in [5, 5.41) is 12.1. The van der Waals surface area contributed by atoms with Crippen molar-refractivity contribution in [1.29, 1.82) is 0 Å². The molecule has 0 saturated carbocycles. The lowest BCUT2D eigenvalue weighted by molar-refractivity contribution is 0.158. The first kappa shape index (κ1) is 12.3. The van der Waals surface area contributed by atoms with Gasteiger partial charge in [-0.05, 0) is 29.3 Å². The molecule has 0 saturated heterocycles. The molecule has 1 heterocycles. The highest BCUT2D eigenvalue weighted by molar-refractivity contribution is 7.09. The van der Waals surface area contributed by atoms with Crippen molar-refractivity contribution >= 4 is 11.3 Å². The van der Waals surface area contributed by atoms with Crippen LogP contribution in [0.15, 0.2) is 47.8 Å². The van der Waals surface area contributed by atoms with E-state index in [0.29, 0.717) is 5.92 Å². The van der Waals surface area contributed by atoms with E-state index in [0.717, 1.165) is 12.8 Å². The molecule has 0 aliphatic carbocycles. The van der Waals surface area contributed by atoms with Gasteiger partial charge in [-0.3, -0.25) is 0 Å². The van der Waals surface area contributed by atoms with Gasteiger partial charge in [0.25, 0.3) is 0 Å². The fourth-order valence-electron chi connectivity index (χ4n) is 2.07. The summed E-state index contributed by atoms with van der Waals surface area (Å²) in [5.74, 6) is 0.408. The van der Waals surface area contributed by atoms with E-state index >= 15 is 0 Å². The fourth-order valence-corrected chi connectivity index (χ4v) is 2.85. The fraction of sp³-hybridized carbons (Fsp3) is 0.333. The van der Waals surface area contributed by atoms with Gasteiger partial charge in [0.2, 0.25) is 0 Å². The highest BCUT2D eigenvalue weighted by atomic mass is 32.1. The van der Waals surface area contributed by atoms with Crippen LogP contribution in [0.2, 0.25) is 0 Å². The van der Waals surface area contributed by atoms with Gasteiger partial charge in [-0.15, -0.1) is 11.3 Å². The van der Waals surface area contributed by atoms with Crippen molar-refractivity contribution in [2.24, 2.45) is 0 Å². The van der Waals surface area contributed by atoms with Crippen molar-refractivity contribution in [3.63, 3.8) is 0 Å². The minimum Gasteiger partial charge on any atom is -0.393 e. The average molecular weight is 246 g/mol. The Bertz CT molecular complexity index is 421. The van der Waals surface area contributed by atoms with Gasteiger partial charge in [0.15, 0.2) is 0 Å². The summed E-state index contributed by atoms with van der Waals surface area (Å²) in [6.07, 6.45) is 1.35. The summed E-state index contributed by atoms with van der Waals surface area (Å²) in [7, 11) is 0. The average Bonchev–Trinajstić information content (AvgIpc) is 2.82. The van der Waals surface area contributed by atoms with Crippen LogP contribution in [0.4, 0.5) is 0 Å². The Morgan fingerprint density at radius 1 is 1.12 bits per heavy atom. The zero-order valence-corrected chi connectivity index (χ0v) is 10.9. The Hall–Kier alpha value is -1.12. The van der Waals surface area contributed by atoms with Gasteiger partial charge in [0, 0.05) is 11.3 Å². The van der Waals surface area contributed by atoms with E-state index in [9.17, 15) is 5.11 Å². The van der Waals surface area contributed by atoms with Crippen LogP contribution in [0.1, 0.15) is 29.7 Å². The standard InChI is InChI=1S/C15H18OS/c1-12(13-6-3-2-4-7-13)10-14(16)11-15-8-5-9-17-15/h2-9,12,14,16H,10-11H2,1H3. The molecular formula is C15H18OS. The zero-order valence-electron chi connectivity index (χ0n) is 10.0. The number of rotatable bonds is 5. The normalized spacial score (nSPS) is 14.5. The Morgan fingerprint density at radius 3 is 2.53 bits per heavy atom. The molecular weight excluding hydrogens is 228 g/mol. The van der Waals surface area contributed by atoms with E-state index in [1.54, 1.807) is 11.3 Å². The summed E-state index contributed by atoms with van der Waals surface area (Å²) in [6, 6.07) is 14.5.